The third-order valence-corrected chi connectivity index (χ3v) is 4.25. The molecule has 7 nitrogen and oxygen atoms in total. The van der Waals surface area contributed by atoms with Crippen molar-refractivity contribution in [3.05, 3.63) is 57.0 Å². The fraction of sp³-hybridized carbons (Fsp3) is 0.250. The molecule has 4 rings (SSSR count). The topological polar surface area (TPSA) is 77.4 Å². The Morgan fingerprint density at radius 2 is 1.87 bits per heavy atom. The second-order valence-corrected chi connectivity index (χ2v) is 6.15. The molecule has 23 heavy (non-hydrogen) atoms. The Kier molecular flexibility index (Phi) is 2.42. The number of hydrogen-bond donors (Lipinski definition) is 1. The second kappa shape index (κ2) is 4.07. The summed E-state index contributed by atoms with van der Waals surface area (Å²) in [7, 11) is 1.44. The summed E-state index contributed by atoms with van der Waals surface area (Å²) >= 11 is 0. The Labute approximate surface area is 130 Å². The van der Waals surface area contributed by atoms with E-state index >= 15 is 0 Å². The van der Waals surface area contributed by atoms with Gasteiger partial charge >= 0.3 is 11.4 Å². The van der Waals surface area contributed by atoms with Gasteiger partial charge in [-0.3, -0.25) is 0 Å². The molecular weight excluding hydrogens is 298 g/mol. The molecule has 0 amide bonds. The first-order valence-corrected chi connectivity index (χ1v) is 7.17. The first-order valence-electron chi connectivity index (χ1n) is 7.17. The molecule has 0 spiro atoms. The summed E-state index contributed by atoms with van der Waals surface area (Å²) in [5.74, 6) is 0.548. The lowest BCUT2D eigenvalue weighted by molar-refractivity contribution is 0.104. The second-order valence-electron chi connectivity index (χ2n) is 6.15. The first kappa shape index (κ1) is 13.7. The minimum Gasteiger partial charge on any atom is -0.508 e. The summed E-state index contributed by atoms with van der Waals surface area (Å²) in [6.45, 7) is 3.75. The van der Waals surface area contributed by atoms with Crippen molar-refractivity contribution >= 4 is 0 Å². The SMILES string of the molecule is Cn1c(=O)n2ccc3c(n2c1=O)-c1ccc(O)cc1OC3(C)C. The monoisotopic (exact) mass is 313 g/mol. The maximum Gasteiger partial charge on any atom is 0.352 e. The zero-order chi connectivity index (χ0) is 16.5. The molecule has 3 aromatic rings. The van der Waals surface area contributed by atoms with Crippen LogP contribution in [0, 0.1) is 0 Å². The van der Waals surface area contributed by atoms with Gasteiger partial charge in [0.2, 0.25) is 0 Å². The number of benzene rings is 1. The van der Waals surface area contributed by atoms with Gasteiger partial charge in [-0.25, -0.2) is 18.7 Å². The molecule has 0 fully saturated rings. The molecule has 1 aromatic carbocycles. The van der Waals surface area contributed by atoms with E-state index in [0.717, 1.165) is 10.1 Å². The Bertz CT molecular complexity index is 1090. The summed E-state index contributed by atoms with van der Waals surface area (Å²) in [6, 6.07) is 6.50. The molecule has 0 bridgehead atoms. The summed E-state index contributed by atoms with van der Waals surface area (Å²) in [4.78, 5) is 24.7. The van der Waals surface area contributed by atoms with Gasteiger partial charge in [0.15, 0.2) is 0 Å². The lowest BCUT2D eigenvalue weighted by Gasteiger charge is -2.34. The molecule has 2 aromatic heterocycles. The molecule has 1 aliphatic heterocycles. The number of phenols is 1. The van der Waals surface area contributed by atoms with E-state index in [0.29, 0.717) is 17.0 Å². The van der Waals surface area contributed by atoms with E-state index in [4.69, 9.17) is 4.74 Å². The van der Waals surface area contributed by atoms with E-state index in [1.165, 1.54) is 28.2 Å². The van der Waals surface area contributed by atoms with Crippen molar-refractivity contribution in [2.45, 2.75) is 19.4 Å². The molecule has 0 atom stereocenters. The van der Waals surface area contributed by atoms with Crippen molar-refractivity contribution in [1.29, 1.82) is 0 Å². The van der Waals surface area contributed by atoms with E-state index in [1.54, 1.807) is 18.3 Å². The number of aromatic nitrogens is 3. The van der Waals surface area contributed by atoms with Crippen LogP contribution >= 0.6 is 0 Å². The van der Waals surface area contributed by atoms with Crippen molar-refractivity contribution in [2.75, 3.05) is 0 Å². The van der Waals surface area contributed by atoms with Crippen LogP contribution in [0.2, 0.25) is 0 Å². The highest BCUT2D eigenvalue weighted by molar-refractivity contribution is 5.74. The van der Waals surface area contributed by atoms with Gasteiger partial charge in [-0.05, 0) is 32.0 Å². The van der Waals surface area contributed by atoms with E-state index in [2.05, 4.69) is 0 Å². The molecule has 0 saturated heterocycles. The molecule has 1 N–H and O–H groups in total. The van der Waals surface area contributed by atoms with Gasteiger partial charge in [0.05, 0.1) is 5.69 Å². The summed E-state index contributed by atoms with van der Waals surface area (Å²) in [6.07, 6.45) is 1.57. The molecule has 118 valence electrons. The van der Waals surface area contributed by atoms with Gasteiger partial charge in [-0.2, -0.15) is 4.52 Å². The fourth-order valence-corrected chi connectivity index (χ4v) is 3.09. The van der Waals surface area contributed by atoms with E-state index in [1.807, 2.05) is 13.8 Å². The predicted octanol–water partition coefficient (Wildman–Crippen LogP) is 1.10. The lowest BCUT2D eigenvalue weighted by Crippen LogP contribution is -2.33. The molecule has 1 aliphatic rings. The molecule has 0 unspecified atom stereocenters. The van der Waals surface area contributed by atoms with E-state index in [-0.39, 0.29) is 5.75 Å². The van der Waals surface area contributed by atoms with Gasteiger partial charge < -0.3 is 9.84 Å². The standard InChI is InChI=1S/C16H15N3O4/c1-16(2)11-6-7-18-14(21)17(3)15(22)19(18)13(11)10-5-4-9(20)8-12(10)23-16/h4-8,20H,1-3H3. The maximum atomic E-state index is 12.5. The lowest BCUT2D eigenvalue weighted by atomic mass is 9.90. The largest absolute Gasteiger partial charge is 0.508 e. The van der Waals surface area contributed by atoms with Crippen LogP contribution in [0.4, 0.5) is 0 Å². The number of fused-ring (bicyclic) bond motifs is 5. The minimum absolute atomic E-state index is 0.0766. The highest BCUT2D eigenvalue weighted by Gasteiger charge is 2.35. The van der Waals surface area contributed by atoms with E-state index < -0.39 is 17.0 Å². The van der Waals surface area contributed by atoms with Crippen LogP contribution in [0.25, 0.3) is 11.3 Å². The minimum atomic E-state index is -0.705. The van der Waals surface area contributed by atoms with E-state index in [9.17, 15) is 14.7 Å². The summed E-state index contributed by atoms with van der Waals surface area (Å²) in [5.41, 5.74) is 0.502. The highest BCUT2D eigenvalue weighted by atomic mass is 16.5. The fourth-order valence-electron chi connectivity index (χ4n) is 3.09. The smallest absolute Gasteiger partial charge is 0.352 e. The van der Waals surface area contributed by atoms with Crippen LogP contribution < -0.4 is 16.1 Å². The van der Waals surface area contributed by atoms with Crippen molar-refractivity contribution in [2.24, 2.45) is 7.05 Å². The average Bonchev–Trinajstić information content (AvgIpc) is 2.71. The van der Waals surface area contributed by atoms with Crippen molar-refractivity contribution in [3.8, 4) is 22.8 Å². The average molecular weight is 313 g/mol. The number of hydrogen-bond acceptors (Lipinski definition) is 4. The van der Waals surface area contributed by atoms with Crippen molar-refractivity contribution < 1.29 is 9.84 Å². The predicted molar refractivity (Wildman–Crippen MR) is 83.1 cm³/mol. The molecule has 7 heteroatoms. The highest BCUT2D eigenvalue weighted by Crippen LogP contribution is 2.45. The molecule has 0 aliphatic carbocycles. The summed E-state index contributed by atoms with van der Waals surface area (Å²) < 4.78 is 9.66. The van der Waals surface area contributed by atoms with Crippen molar-refractivity contribution in [3.63, 3.8) is 0 Å². The van der Waals surface area contributed by atoms with Gasteiger partial charge in [-0.1, -0.05) is 0 Å². The summed E-state index contributed by atoms with van der Waals surface area (Å²) in [5, 5.41) is 9.71. The molecular formula is C16H15N3O4. The van der Waals surface area contributed by atoms with Crippen LogP contribution in [-0.2, 0) is 12.6 Å². The van der Waals surface area contributed by atoms with Crippen LogP contribution in [0.5, 0.6) is 11.5 Å². The van der Waals surface area contributed by atoms with Crippen LogP contribution in [-0.4, -0.2) is 18.7 Å². The number of aromatic hydroxyl groups is 1. The Morgan fingerprint density at radius 1 is 1.13 bits per heavy atom. The number of phenolic OH excluding ortho intramolecular Hbond substituents is 1. The first-order chi connectivity index (χ1) is 10.8. The van der Waals surface area contributed by atoms with Crippen molar-refractivity contribution in [1.82, 2.24) is 13.6 Å². The van der Waals surface area contributed by atoms with Crippen LogP contribution in [0.3, 0.4) is 0 Å². The number of ether oxygens (including phenoxy) is 1. The zero-order valence-corrected chi connectivity index (χ0v) is 12.9. The molecule has 0 saturated carbocycles. The third-order valence-electron chi connectivity index (χ3n) is 4.25. The zero-order valence-electron chi connectivity index (χ0n) is 12.9. The Balaban J connectivity index is 2.26. The van der Waals surface area contributed by atoms with Gasteiger partial charge in [0, 0.05) is 30.4 Å². The number of nitrogens with zero attached hydrogens (tertiary/aromatic N) is 3. The molecule has 0 radical (unpaired) electrons. The normalized spacial score (nSPS) is 15.1. The van der Waals surface area contributed by atoms with Crippen LogP contribution in [0.1, 0.15) is 19.4 Å². The van der Waals surface area contributed by atoms with Gasteiger partial charge in [-0.15, -0.1) is 0 Å². The third kappa shape index (κ3) is 1.64. The quantitative estimate of drug-likeness (QED) is 0.674. The Morgan fingerprint density at radius 3 is 2.61 bits per heavy atom. The molecule has 3 heterocycles. The Hall–Kier alpha value is -2.96. The maximum absolute atomic E-state index is 12.5. The van der Waals surface area contributed by atoms with Gasteiger partial charge in [0.1, 0.15) is 17.1 Å². The van der Waals surface area contributed by atoms with Crippen LogP contribution in [0.15, 0.2) is 40.1 Å². The number of rotatable bonds is 0. The van der Waals surface area contributed by atoms with Gasteiger partial charge in [0.25, 0.3) is 0 Å².